The molecule has 0 amide bonds. The first-order valence-corrected chi connectivity index (χ1v) is 32.2. The van der Waals surface area contributed by atoms with Gasteiger partial charge in [0.05, 0.1) is 52.0 Å². The Bertz CT molecular complexity index is 3370. The van der Waals surface area contributed by atoms with Gasteiger partial charge in [-0.3, -0.25) is 36.3 Å². The first kappa shape index (κ1) is 57.7. The number of hydrogen-bond acceptors (Lipinski definition) is 30. The second-order valence-electron chi connectivity index (χ2n) is 17.6. The van der Waals surface area contributed by atoms with E-state index in [9.17, 15) is 34.1 Å². The van der Waals surface area contributed by atoms with Crippen LogP contribution in [-0.2, 0) is 95.3 Å². The molecule has 0 aliphatic carbocycles. The molecule has 35 nitrogen and oxygen atoms in total. The van der Waals surface area contributed by atoms with Crippen LogP contribution in [0.15, 0.2) is 38.0 Å². The van der Waals surface area contributed by atoms with Crippen molar-refractivity contribution >= 4 is 114 Å². The van der Waals surface area contributed by atoms with Gasteiger partial charge in [-0.2, -0.15) is 0 Å². The lowest BCUT2D eigenvalue weighted by molar-refractivity contribution is -0.164. The van der Waals surface area contributed by atoms with Crippen molar-refractivity contribution in [1.82, 2.24) is 58.6 Å². The minimum Gasteiger partial charge on any atom is -0.394 e. The Morgan fingerprint density at radius 1 is 0.667 bits per heavy atom. The number of fused-ring (bicyclic) bond motifs is 4. The molecule has 0 bridgehead atoms. The van der Waals surface area contributed by atoms with Crippen LogP contribution in [0.2, 0.25) is 0 Å². The zero-order valence-corrected chi connectivity index (χ0v) is 46.0. The minimum atomic E-state index is -4.73. The van der Waals surface area contributed by atoms with Crippen molar-refractivity contribution in [1.29, 1.82) is 0 Å². The Labute approximate surface area is 453 Å². The number of nitrogens with zero attached hydrogens (tertiary/aromatic N) is 12. The fraction of sp³-hybridized carbons (Fsp3) is 0.583. The van der Waals surface area contributed by atoms with Crippen LogP contribution in [0, 0.1) is 0 Å². The molecule has 0 aromatic carbocycles. The molecule has 6 aromatic rings. The van der Waals surface area contributed by atoms with Gasteiger partial charge in [-0.15, -0.1) is 0 Å². The highest BCUT2D eigenvalue weighted by Gasteiger charge is 2.61. The van der Waals surface area contributed by atoms with Crippen LogP contribution >= 0.6 is 28.0 Å². The van der Waals surface area contributed by atoms with Gasteiger partial charge in [0.2, 0.25) is 0 Å². The Balaban J connectivity index is 0.895. The van der Waals surface area contributed by atoms with E-state index in [1.165, 1.54) is 46.1 Å². The number of nitrogen functional groups attached to an aromatic ring is 3. The molecule has 426 valence electrons. The second-order valence-corrected chi connectivity index (χ2v) is 27.2. The highest BCUT2D eigenvalue weighted by atomic mass is 32.5. The van der Waals surface area contributed by atoms with Crippen molar-refractivity contribution in [3.63, 3.8) is 0 Å². The molecule has 4 aliphatic rings. The number of aromatic nitrogens is 12. The maximum absolute atomic E-state index is 12.6. The number of phosphoric ester groups is 1. The summed E-state index contributed by atoms with van der Waals surface area (Å²) in [6, 6.07) is 0. The molecule has 0 saturated carbocycles. The van der Waals surface area contributed by atoms with E-state index in [2.05, 4.69) is 44.9 Å². The molecule has 0 spiro atoms. The Kier molecular flexibility index (Phi) is 16.8. The van der Waals surface area contributed by atoms with E-state index in [-0.39, 0.29) is 64.0 Å². The maximum Gasteiger partial charge on any atom is 0.472 e. The zero-order chi connectivity index (χ0) is 55.5. The van der Waals surface area contributed by atoms with Gasteiger partial charge in [-0.1, -0.05) is 0 Å². The number of aliphatic hydroxyl groups is 2. The topological polar surface area (TPSA) is 478 Å². The van der Waals surface area contributed by atoms with Gasteiger partial charge in [0.25, 0.3) is 0 Å². The fourth-order valence-electron chi connectivity index (χ4n) is 9.44. The van der Waals surface area contributed by atoms with Gasteiger partial charge in [0, 0.05) is 13.7 Å². The molecule has 15 atom stereocenters. The number of aliphatic hydroxyl groups excluding tert-OH is 2. The average Bonchev–Trinajstić information content (AvgIpc) is 4.36. The van der Waals surface area contributed by atoms with Gasteiger partial charge in [0.1, 0.15) is 90.0 Å². The van der Waals surface area contributed by atoms with E-state index in [1.54, 1.807) is 0 Å². The predicted molar refractivity (Wildman–Crippen MR) is 273 cm³/mol. The third-order valence-electron chi connectivity index (χ3n) is 12.7. The molecule has 10 rings (SSSR count). The number of phosphoric acid groups is 1. The van der Waals surface area contributed by atoms with Gasteiger partial charge < -0.3 is 84.6 Å². The monoisotopic (exact) mass is 1230 g/mol. The summed E-state index contributed by atoms with van der Waals surface area (Å²) in [4.78, 5) is 92.4. The van der Waals surface area contributed by atoms with E-state index >= 15 is 0 Å². The third kappa shape index (κ3) is 11.8. The maximum atomic E-state index is 12.6. The highest BCUT2D eigenvalue weighted by Crippen LogP contribution is 2.57. The van der Waals surface area contributed by atoms with Crippen molar-refractivity contribution < 1.29 is 94.6 Å². The molecule has 4 saturated heterocycles. The molecule has 78 heavy (non-hydrogen) atoms. The predicted octanol–water partition coefficient (Wildman–Crippen LogP) is -1.17. The van der Waals surface area contributed by atoms with Crippen LogP contribution in [0.4, 0.5) is 17.5 Å². The van der Waals surface area contributed by atoms with Crippen LogP contribution < -0.4 is 17.2 Å². The fourth-order valence-corrected chi connectivity index (χ4v) is 13.8. The summed E-state index contributed by atoms with van der Waals surface area (Å²) in [7, 11) is -3.48. The summed E-state index contributed by atoms with van der Waals surface area (Å²) in [5, 5.41) is 21.2. The third-order valence-corrected chi connectivity index (χ3v) is 17.6. The quantitative estimate of drug-likeness (QED) is 0.0358. The summed E-state index contributed by atoms with van der Waals surface area (Å²) < 4.78 is 87.3. The normalized spacial score (nSPS) is 30.9. The lowest BCUT2D eigenvalue weighted by Crippen LogP contribution is -2.51. The van der Waals surface area contributed by atoms with E-state index in [4.69, 9.17) is 113 Å². The second kappa shape index (κ2) is 22.7. The summed E-state index contributed by atoms with van der Waals surface area (Å²) in [6.45, 7) is -16.4. The van der Waals surface area contributed by atoms with Crippen LogP contribution in [0.1, 0.15) is 31.5 Å². The Hall–Kier alpha value is -3.53. The molecule has 4 aliphatic heterocycles. The first-order chi connectivity index (χ1) is 37.0. The lowest BCUT2D eigenvalue weighted by atomic mass is 9.89. The van der Waals surface area contributed by atoms with Gasteiger partial charge in [-0.05, 0) is 48.3 Å². The molecule has 13 N–H and O–H groups in total. The molecule has 42 heteroatoms. The van der Waals surface area contributed by atoms with Gasteiger partial charge in [0.15, 0.2) is 53.1 Å². The molecular weight excluding hydrogens is 1180 g/mol. The lowest BCUT2D eigenvalue weighted by Gasteiger charge is -2.39. The summed E-state index contributed by atoms with van der Waals surface area (Å²) in [5.74, 6) is 0.0439. The molecule has 6 unspecified atom stereocenters. The van der Waals surface area contributed by atoms with Crippen molar-refractivity contribution in [2.24, 2.45) is 0 Å². The van der Waals surface area contributed by atoms with Crippen molar-refractivity contribution in [3.8, 4) is 0 Å². The van der Waals surface area contributed by atoms with Crippen LogP contribution in [0.5, 0.6) is 0 Å². The number of nitrogens with two attached hydrogens (primary N) is 3. The SMILES string of the molecule is COC1[C@@H](COP(=O)(O)OCCO)O[C@@H](n2cnc3c(N)ncnc32)[C@H]1OP(O)(=S)OC[C@H]1O[C@@H](n2cnc3c(N)ncnc32)[C@@H](OP(O)(=S)OC[C@]23CCCOC2[C@H](OP(O)(O)=S)[C@H](n2cnc4c(N)ncnc42)O3)C1O. The minimum absolute atomic E-state index is 0.0105. The molecule has 6 aromatic heterocycles. The summed E-state index contributed by atoms with van der Waals surface area (Å²) >= 11 is 16.0. The average molecular weight is 1230 g/mol. The molecule has 4 fully saturated rings. The summed E-state index contributed by atoms with van der Waals surface area (Å²) in [5.41, 5.74) is 17.6. The number of hydrogen-bond donors (Lipinski definition) is 10. The smallest absolute Gasteiger partial charge is 0.394 e. The number of rotatable bonds is 22. The zero-order valence-electron chi connectivity index (χ0n) is 40.0. The largest absolute Gasteiger partial charge is 0.472 e. The van der Waals surface area contributed by atoms with E-state index in [0.29, 0.717) is 6.42 Å². The van der Waals surface area contributed by atoms with Crippen LogP contribution in [0.25, 0.3) is 33.5 Å². The Morgan fingerprint density at radius 2 is 1.18 bits per heavy atom. The Morgan fingerprint density at radius 3 is 1.73 bits per heavy atom. The van der Waals surface area contributed by atoms with E-state index in [0.717, 1.165) is 12.7 Å². The van der Waals surface area contributed by atoms with E-state index in [1.807, 2.05) is 0 Å². The van der Waals surface area contributed by atoms with Gasteiger partial charge >= 0.3 is 28.0 Å². The number of ether oxygens (including phenoxy) is 5. The van der Waals surface area contributed by atoms with Gasteiger partial charge in [-0.25, -0.2) is 49.4 Å². The van der Waals surface area contributed by atoms with Crippen molar-refractivity contribution in [3.05, 3.63) is 38.0 Å². The molecule has 0 radical (unpaired) electrons. The highest BCUT2D eigenvalue weighted by molar-refractivity contribution is 8.07. The number of methoxy groups -OCH3 is 1. The number of imidazole rings is 3. The van der Waals surface area contributed by atoms with Crippen LogP contribution in [-0.4, -0.2) is 194 Å². The van der Waals surface area contributed by atoms with Crippen molar-refractivity contribution in [2.45, 2.75) is 86.0 Å². The molecular formula is C36H49N15O20P4S3. The van der Waals surface area contributed by atoms with Crippen LogP contribution in [0.3, 0.4) is 0 Å². The first-order valence-electron chi connectivity index (χ1n) is 22.9. The van der Waals surface area contributed by atoms with Crippen molar-refractivity contribution in [2.75, 3.05) is 64.0 Å². The number of anilines is 3. The van der Waals surface area contributed by atoms with E-state index < -0.39 is 134 Å². The standard InChI is InChI=1S/C36H49N15O20P4S3/c1-60-22-17(8-63-72(54,55)62-6-4-52)67-34(50-14-47-19-28(38)41-11-44-31(19)50)24(22)71-74(58,77)64-7-16-21(53)23(33(66-16)49-13-46-18-27(37)40-10-43-30(18)49)70-75(59,78)65-9-36-3-2-5-61-26(36)25(69-73(56,57)76)35(68-36)51-15-48-20-29(39)42-12-45-32(20)51/h10-17,21-26,33-35,52-53H,2-9H2,1H3,(H,54,55)(H,58,77)(H,59,78)(H2,37,40,43)(H2,38,41,44)(H2,39,42,45)(H2,56,57,76)/t16-,17-,21?,22?,23+,24+,25+,26?,33-,34-,35-,36-,74?,75?/m1/s1. The summed E-state index contributed by atoms with van der Waals surface area (Å²) in [6.07, 6.45) is -7.43. The molecule has 10 heterocycles.